The van der Waals surface area contributed by atoms with Gasteiger partial charge in [0.15, 0.2) is 16.6 Å². The number of allylic oxidation sites excluding steroid dienone is 1. The fraction of sp³-hybridized carbons (Fsp3) is 0.615. The summed E-state index contributed by atoms with van der Waals surface area (Å²) >= 11 is 0. The molecule has 0 aliphatic carbocycles. The zero-order valence-corrected chi connectivity index (χ0v) is 14.3. The van der Waals surface area contributed by atoms with Crippen LogP contribution in [0.1, 0.15) is 13.3 Å². The molecule has 0 unspecified atom stereocenters. The molecule has 0 fully saturated rings. The molecule has 0 radical (unpaired) electrons. The van der Waals surface area contributed by atoms with Gasteiger partial charge in [-0.25, -0.2) is 4.79 Å². The first-order valence-electron chi connectivity index (χ1n) is 6.36. The molecule has 0 spiro atoms. The molecule has 104 valence electrons. The molecule has 0 saturated carbocycles. The Hall–Kier alpha value is -0.656. The topological polar surface area (TPSA) is 35.5 Å². The summed E-state index contributed by atoms with van der Waals surface area (Å²) in [4.78, 5) is 11.1. The lowest BCUT2D eigenvalue weighted by molar-refractivity contribution is -0.137. The van der Waals surface area contributed by atoms with Crippen LogP contribution in [0.4, 0.5) is 0 Å². The fourth-order valence-corrected chi connectivity index (χ4v) is 9.09. The van der Waals surface area contributed by atoms with E-state index in [2.05, 4.69) is 32.8 Å². The van der Waals surface area contributed by atoms with Crippen LogP contribution in [0.3, 0.4) is 0 Å². The van der Waals surface area contributed by atoms with E-state index >= 15 is 0 Å². The maximum absolute atomic E-state index is 11.1. The average Bonchev–Trinajstić information content (AvgIpc) is 2.23. The Morgan fingerprint density at radius 3 is 2.39 bits per heavy atom. The molecule has 0 amide bonds. The molecule has 0 bridgehead atoms. The van der Waals surface area contributed by atoms with E-state index in [0.717, 1.165) is 12.5 Å². The third kappa shape index (κ3) is 8.44. The zero-order chi connectivity index (χ0) is 14.2. The monoisotopic (exact) mass is 286 g/mol. The molecule has 5 heteroatoms. The summed E-state index contributed by atoms with van der Waals surface area (Å²) in [5, 5.41) is 0. The first kappa shape index (κ1) is 17.3. The summed E-state index contributed by atoms with van der Waals surface area (Å²) in [6, 6.07) is 1.00. The van der Waals surface area contributed by atoms with Gasteiger partial charge in [0, 0.05) is 6.08 Å². The number of esters is 1. The van der Waals surface area contributed by atoms with E-state index in [9.17, 15) is 4.79 Å². The van der Waals surface area contributed by atoms with Crippen molar-refractivity contribution < 1.29 is 13.6 Å². The van der Waals surface area contributed by atoms with E-state index in [1.165, 1.54) is 6.08 Å². The third-order valence-corrected chi connectivity index (χ3v) is 9.36. The van der Waals surface area contributed by atoms with Crippen LogP contribution in [0.25, 0.3) is 0 Å². The summed E-state index contributed by atoms with van der Waals surface area (Å²) in [6.45, 7) is 14.8. The minimum absolute atomic E-state index is 0.265. The van der Waals surface area contributed by atoms with E-state index in [1.807, 2.05) is 5.70 Å². The van der Waals surface area contributed by atoms with Crippen molar-refractivity contribution >= 4 is 22.6 Å². The second-order valence-electron chi connectivity index (χ2n) is 5.44. The molecule has 0 saturated heterocycles. The van der Waals surface area contributed by atoms with Gasteiger partial charge in [0.25, 0.3) is 0 Å². The molecule has 0 rings (SSSR count). The van der Waals surface area contributed by atoms with Crippen molar-refractivity contribution in [3.8, 4) is 0 Å². The van der Waals surface area contributed by atoms with Gasteiger partial charge in [-0.05, 0) is 45.6 Å². The molecule has 0 aliphatic rings. The Kier molecular flexibility index (Phi) is 7.43. The highest BCUT2D eigenvalue weighted by Crippen LogP contribution is 2.20. The SMILES string of the molecule is C=C[Si](C)(C)O[Si](C)(C)CCCOC(=O)C=CC. The largest absolute Gasteiger partial charge is 0.463 e. The molecule has 0 heterocycles. The molecular weight excluding hydrogens is 260 g/mol. The predicted octanol–water partition coefficient (Wildman–Crippen LogP) is 3.65. The fourth-order valence-electron chi connectivity index (χ4n) is 1.66. The van der Waals surface area contributed by atoms with E-state index < -0.39 is 16.6 Å². The smallest absolute Gasteiger partial charge is 0.330 e. The van der Waals surface area contributed by atoms with E-state index in [-0.39, 0.29) is 5.97 Å². The lowest BCUT2D eigenvalue weighted by Crippen LogP contribution is -2.43. The Labute approximate surface area is 113 Å². The van der Waals surface area contributed by atoms with Gasteiger partial charge in [-0.3, -0.25) is 0 Å². The van der Waals surface area contributed by atoms with Gasteiger partial charge in [0.05, 0.1) is 6.61 Å². The molecule has 0 aromatic rings. The Balaban J connectivity index is 3.98. The van der Waals surface area contributed by atoms with Gasteiger partial charge in [-0.2, -0.15) is 0 Å². The maximum Gasteiger partial charge on any atom is 0.330 e. The second-order valence-corrected chi connectivity index (χ2v) is 13.9. The Morgan fingerprint density at radius 1 is 1.28 bits per heavy atom. The first-order chi connectivity index (χ1) is 8.22. The molecule has 0 N–H and O–H groups in total. The second kappa shape index (κ2) is 7.71. The normalized spacial score (nSPS) is 12.7. The summed E-state index contributed by atoms with van der Waals surface area (Å²) in [7, 11) is -3.37. The molecule has 0 atom stereocenters. The van der Waals surface area contributed by atoms with Crippen molar-refractivity contribution in [2.75, 3.05) is 6.61 Å². The molecular formula is C13H26O3Si2. The van der Waals surface area contributed by atoms with Crippen molar-refractivity contribution in [3.05, 3.63) is 24.4 Å². The van der Waals surface area contributed by atoms with Crippen molar-refractivity contribution in [2.45, 2.75) is 45.6 Å². The van der Waals surface area contributed by atoms with Crippen LogP contribution in [0.5, 0.6) is 0 Å². The zero-order valence-electron chi connectivity index (χ0n) is 12.3. The van der Waals surface area contributed by atoms with Gasteiger partial charge in [0.1, 0.15) is 0 Å². The number of rotatable bonds is 8. The highest BCUT2D eigenvalue weighted by Gasteiger charge is 2.30. The van der Waals surface area contributed by atoms with Crippen molar-refractivity contribution in [1.29, 1.82) is 0 Å². The van der Waals surface area contributed by atoms with Crippen LogP contribution in [-0.2, 0) is 13.6 Å². The van der Waals surface area contributed by atoms with Gasteiger partial charge in [-0.15, -0.1) is 6.58 Å². The lowest BCUT2D eigenvalue weighted by atomic mass is 10.5. The van der Waals surface area contributed by atoms with Crippen molar-refractivity contribution in [3.63, 3.8) is 0 Å². The summed E-state index contributed by atoms with van der Waals surface area (Å²) in [5.74, 6) is -0.265. The summed E-state index contributed by atoms with van der Waals surface area (Å²) in [6.07, 6.45) is 3.99. The molecule has 0 aliphatic heterocycles. The minimum atomic E-state index is -1.70. The highest BCUT2D eigenvalue weighted by atomic mass is 28.4. The third-order valence-electron chi connectivity index (χ3n) is 2.50. The van der Waals surface area contributed by atoms with E-state index in [1.54, 1.807) is 13.0 Å². The number of carbonyl (C=O) groups excluding carboxylic acids is 1. The van der Waals surface area contributed by atoms with Gasteiger partial charge < -0.3 is 8.85 Å². The molecule has 3 nitrogen and oxygen atoms in total. The van der Waals surface area contributed by atoms with Crippen LogP contribution in [0.2, 0.25) is 32.2 Å². The first-order valence-corrected chi connectivity index (χ1v) is 12.5. The number of hydrogen-bond donors (Lipinski definition) is 0. The summed E-state index contributed by atoms with van der Waals surface area (Å²) < 4.78 is 11.3. The number of carbonyl (C=O) groups is 1. The van der Waals surface area contributed by atoms with E-state index in [0.29, 0.717) is 6.61 Å². The quantitative estimate of drug-likeness (QED) is 0.296. The van der Waals surface area contributed by atoms with Crippen LogP contribution in [0, 0.1) is 0 Å². The van der Waals surface area contributed by atoms with Crippen molar-refractivity contribution in [2.24, 2.45) is 0 Å². The van der Waals surface area contributed by atoms with Gasteiger partial charge >= 0.3 is 5.97 Å². The Bertz CT molecular complexity index is 309. The predicted molar refractivity (Wildman–Crippen MR) is 81.4 cm³/mol. The van der Waals surface area contributed by atoms with Crippen LogP contribution in [-0.4, -0.2) is 29.2 Å². The van der Waals surface area contributed by atoms with Crippen LogP contribution < -0.4 is 0 Å². The van der Waals surface area contributed by atoms with Crippen LogP contribution >= 0.6 is 0 Å². The molecule has 0 aromatic heterocycles. The maximum atomic E-state index is 11.1. The lowest BCUT2D eigenvalue weighted by Gasteiger charge is -2.31. The number of hydrogen-bond acceptors (Lipinski definition) is 3. The number of ether oxygens (including phenoxy) is 1. The van der Waals surface area contributed by atoms with Gasteiger partial charge in [-0.1, -0.05) is 11.8 Å². The van der Waals surface area contributed by atoms with Crippen LogP contribution in [0.15, 0.2) is 24.4 Å². The van der Waals surface area contributed by atoms with E-state index in [4.69, 9.17) is 8.85 Å². The van der Waals surface area contributed by atoms with Crippen molar-refractivity contribution in [1.82, 2.24) is 0 Å². The van der Waals surface area contributed by atoms with Gasteiger partial charge in [0.2, 0.25) is 0 Å². The highest BCUT2D eigenvalue weighted by molar-refractivity contribution is 6.87. The summed E-state index contributed by atoms with van der Waals surface area (Å²) in [5.41, 5.74) is 1.97. The standard InChI is InChI=1S/C13H26O3Si2/c1-7-10-13(14)15-11-9-12-18(5,6)16-17(3,4)8-2/h7-8,10H,2,9,11-12H2,1,3-6H3. The molecule has 0 aromatic carbocycles. The average molecular weight is 287 g/mol. The molecule has 18 heavy (non-hydrogen) atoms. The Morgan fingerprint density at radius 2 is 1.89 bits per heavy atom. The minimum Gasteiger partial charge on any atom is -0.463 e.